The molecule has 0 fully saturated rings. The van der Waals surface area contributed by atoms with Gasteiger partial charge < -0.3 is 19.2 Å². The highest BCUT2D eigenvalue weighted by atomic mass is 19.3. The minimum absolute atomic E-state index is 0.0373. The van der Waals surface area contributed by atoms with Gasteiger partial charge in [-0.15, -0.1) is 0 Å². The van der Waals surface area contributed by atoms with Crippen LogP contribution in [0.4, 0.5) is 14.5 Å². The van der Waals surface area contributed by atoms with Gasteiger partial charge in [-0.1, -0.05) is 0 Å². The molecule has 102 valence electrons. The Kier molecular flexibility index (Phi) is 4.17. The Hall–Kier alpha value is -2.31. The van der Waals surface area contributed by atoms with Gasteiger partial charge in [0.25, 0.3) is 0 Å². The molecular formula is C12H12F2N2O3. The predicted molar refractivity (Wildman–Crippen MR) is 63.5 cm³/mol. The van der Waals surface area contributed by atoms with Crippen molar-refractivity contribution >= 4 is 5.69 Å². The lowest BCUT2D eigenvalue weighted by Gasteiger charge is -2.13. The highest BCUT2D eigenvalue weighted by molar-refractivity contribution is 5.59. The quantitative estimate of drug-likeness (QED) is 0.874. The van der Waals surface area contributed by atoms with Crippen molar-refractivity contribution < 1.29 is 22.7 Å². The van der Waals surface area contributed by atoms with E-state index in [-0.39, 0.29) is 5.75 Å². The monoisotopic (exact) mass is 270 g/mol. The summed E-state index contributed by atoms with van der Waals surface area (Å²) in [6.07, 6.45) is 2.82. The maximum absolute atomic E-state index is 12.3. The predicted octanol–water partition coefficient (Wildman–Crippen LogP) is 2.90. The number of halogens is 2. The summed E-state index contributed by atoms with van der Waals surface area (Å²) in [5.41, 5.74) is 0.385. The summed E-state index contributed by atoms with van der Waals surface area (Å²) < 4.78 is 39.1. The molecule has 0 aliphatic rings. The van der Waals surface area contributed by atoms with E-state index < -0.39 is 6.61 Å². The molecule has 0 saturated carbocycles. The van der Waals surface area contributed by atoms with Crippen molar-refractivity contribution in [3.8, 4) is 11.5 Å². The number of hydrogen-bond acceptors (Lipinski definition) is 5. The van der Waals surface area contributed by atoms with Gasteiger partial charge in [0, 0.05) is 6.07 Å². The van der Waals surface area contributed by atoms with Crippen LogP contribution < -0.4 is 14.8 Å². The van der Waals surface area contributed by atoms with Gasteiger partial charge in [0.2, 0.25) is 0 Å². The van der Waals surface area contributed by atoms with E-state index in [2.05, 4.69) is 15.0 Å². The first-order valence-electron chi connectivity index (χ1n) is 5.43. The van der Waals surface area contributed by atoms with Gasteiger partial charge in [-0.25, -0.2) is 4.98 Å². The summed E-state index contributed by atoms with van der Waals surface area (Å²) in [6, 6.07) is 4.51. The number of oxazole rings is 1. The molecule has 0 saturated heterocycles. The molecule has 0 unspecified atom stereocenters. The zero-order valence-corrected chi connectivity index (χ0v) is 10.1. The largest absolute Gasteiger partial charge is 0.497 e. The molecule has 0 radical (unpaired) electrons. The van der Waals surface area contributed by atoms with Crippen molar-refractivity contribution in [1.82, 2.24) is 4.98 Å². The molecule has 1 N–H and O–H groups in total. The number of nitrogens with zero attached hydrogens (tertiary/aromatic N) is 1. The number of nitrogens with one attached hydrogen (secondary N) is 1. The highest BCUT2D eigenvalue weighted by Crippen LogP contribution is 2.30. The fraction of sp³-hybridized carbons (Fsp3) is 0.250. The average Bonchev–Trinajstić information content (AvgIpc) is 2.90. The topological polar surface area (TPSA) is 56.5 Å². The van der Waals surface area contributed by atoms with E-state index in [1.807, 2.05) is 0 Å². The lowest BCUT2D eigenvalue weighted by Crippen LogP contribution is -2.06. The summed E-state index contributed by atoms with van der Waals surface area (Å²) in [5.74, 6) is 1.14. The van der Waals surface area contributed by atoms with Gasteiger partial charge in [0.15, 0.2) is 6.39 Å². The van der Waals surface area contributed by atoms with Gasteiger partial charge in [0.05, 0.1) is 25.5 Å². The minimum atomic E-state index is -2.89. The lowest BCUT2D eigenvalue weighted by molar-refractivity contribution is -0.0494. The van der Waals surface area contributed by atoms with E-state index in [9.17, 15) is 8.78 Å². The number of alkyl halides is 2. The molecule has 1 heterocycles. The van der Waals surface area contributed by atoms with Gasteiger partial charge in [-0.05, 0) is 12.1 Å². The van der Waals surface area contributed by atoms with Crippen molar-refractivity contribution in [1.29, 1.82) is 0 Å². The molecule has 0 atom stereocenters. The summed E-state index contributed by atoms with van der Waals surface area (Å²) in [4.78, 5) is 3.76. The van der Waals surface area contributed by atoms with E-state index in [1.54, 1.807) is 6.07 Å². The first-order valence-corrected chi connectivity index (χ1v) is 5.43. The Balaban J connectivity index is 2.14. The van der Waals surface area contributed by atoms with Crippen molar-refractivity contribution in [2.45, 2.75) is 13.2 Å². The third-order valence-electron chi connectivity index (χ3n) is 2.34. The van der Waals surface area contributed by atoms with Crippen molar-refractivity contribution in [3.05, 3.63) is 36.5 Å². The Morgan fingerprint density at radius 2 is 2.26 bits per heavy atom. The summed E-state index contributed by atoms with van der Waals surface area (Å²) in [5, 5.41) is 2.92. The second kappa shape index (κ2) is 6.03. The summed E-state index contributed by atoms with van der Waals surface area (Å²) >= 11 is 0. The molecule has 2 rings (SSSR count). The Morgan fingerprint density at radius 3 is 2.89 bits per heavy atom. The Bertz CT molecular complexity index is 518. The normalized spacial score (nSPS) is 10.5. The highest BCUT2D eigenvalue weighted by Gasteiger charge is 2.11. The molecule has 1 aromatic carbocycles. The van der Waals surface area contributed by atoms with Crippen LogP contribution in [0.15, 0.2) is 35.2 Å². The second-order valence-corrected chi connectivity index (χ2v) is 3.56. The van der Waals surface area contributed by atoms with Gasteiger partial charge in [0.1, 0.15) is 17.3 Å². The van der Waals surface area contributed by atoms with Crippen LogP contribution >= 0.6 is 0 Å². The fourth-order valence-electron chi connectivity index (χ4n) is 1.48. The fourth-order valence-corrected chi connectivity index (χ4v) is 1.48. The zero-order valence-electron chi connectivity index (χ0n) is 10.1. The SMILES string of the molecule is COc1ccc(OC(F)F)c(NCc2cnco2)c1. The molecule has 0 bridgehead atoms. The number of rotatable bonds is 6. The first kappa shape index (κ1) is 13.1. The third-order valence-corrected chi connectivity index (χ3v) is 2.34. The van der Waals surface area contributed by atoms with Crippen LogP contribution in [-0.2, 0) is 6.54 Å². The van der Waals surface area contributed by atoms with E-state index in [4.69, 9.17) is 9.15 Å². The number of methoxy groups -OCH3 is 1. The van der Waals surface area contributed by atoms with Gasteiger partial charge >= 0.3 is 6.61 Å². The number of anilines is 1. The van der Waals surface area contributed by atoms with E-state index in [0.29, 0.717) is 23.7 Å². The number of benzene rings is 1. The minimum Gasteiger partial charge on any atom is -0.497 e. The molecule has 1 aromatic heterocycles. The van der Waals surface area contributed by atoms with Crippen LogP contribution in [0.25, 0.3) is 0 Å². The molecule has 2 aromatic rings. The third kappa shape index (κ3) is 3.57. The molecule has 0 amide bonds. The van der Waals surface area contributed by atoms with Crippen LogP contribution in [0.1, 0.15) is 5.76 Å². The van der Waals surface area contributed by atoms with Crippen LogP contribution in [-0.4, -0.2) is 18.7 Å². The second-order valence-electron chi connectivity index (χ2n) is 3.56. The zero-order chi connectivity index (χ0) is 13.7. The molecule has 0 aliphatic carbocycles. The van der Waals surface area contributed by atoms with E-state index >= 15 is 0 Å². The smallest absolute Gasteiger partial charge is 0.387 e. The molecule has 0 spiro atoms. The molecule has 0 aliphatic heterocycles. The van der Waals surface area contributed by atoms with Gasteiger partial charge in [-0.2, -0.15) is 8.78 Å². The van der Waals surface area contributed by atoms with Crippen molar-refractivity contribution in [2.75, 3.05) is 12.4 Å². The lowest BCUT2D eigenvalue weighted by atomic mass is 10.2. The standard InChI is InChI=1S/C12H12F2N2O3/c1-17-8-2-3-11(19-12(13)14)10(4-8)16-6-9-5-15-7-18-9/h2-5,7,12,16H,6H2,1H3. The van der Waals surface area contributed by atoms with Crippen molar-refractivity contribution in [3.63, 3.8) is 0 Å². The first-order chi connectivity index (χ1) is 9.19. The Labute approximate surface area is 108 Å². The number of aromatic nitrogens is 1. The molecular weight excluding hydrogens is 258 g/mol. The molecule has 19 heavy (non-hydrogen) atoms. The molecule has 5 nitrogen and oxygen atoms in total. The number of hydrogen-bond donors (Lipinski definition) is 1. The Morgan fingerprint density at radius 1 is 1.42 bits per heavy atom. The van der Waals surface area contributed by atoms with Crippen LogP contribution in [0, 0.1) is 0 Å². The van der Waals surface area contributed by atoms with Gasteiger partial charge in [-0.3, -0.25) is 0 Å². The summed E-state index contributed by atoms with van der Waals surface area (Å²) in [7, 11) is 1.49. The van der Waals surface area contributed by atoms with Crippen LogP contribution in [0.5, 0.6) is 11.5 Å². The summed E-state index contributed by atoms with van der Waals surface area (Å²) in [6.45, 7) is -2.59. The number of ether oxygens (including phenoxy) is 2. The maximum atomic E-state index is 12.3. The average molecular weight is 270 g/mol. The van der Waals surface area contributed by atoms with Crippen molar-refractivity contribution in [2.24, 2.45) is 0 Å². The van der Waals surface area contributed by atoms with Crippen LogP contribution in [0.2, 0.25) is 0 Å². The van der Waals surface area contributed by atoms with Crippen LogP contribution in [0.3, 0.4) is 0 Å². The van der Waals surface area contributed by atoms with E-state index in [0.717, 1.165) is 0 Å². The maximum Gasteiger partial charge on any atom is 0.387 e. The molecule has 7 heteroatoms. The van der Waals surface area contributed by atoms with E-state index in [1.165, 1.54) is 31.8 Å².